The van der Waals surface area contributed by atoms with Gasteiger partial charge in [0, 0.05) is 23.7 Å². The van der Waals surface area contributed by atoms with Crippen LogP contribution in [-0.2, 0) is 14.6 Å². The minimum Gasteiger partial charge on any atom is -0.369 e. The third-order valence-electron chi connectivity index (χ3n) is 6.59. The van der Waals surface area contributed by atoms with Crippen LogP contribution in [0.5, 0.6) is 0 Å². The molecule has 11 nitrogen and oxygen atoms in total. The summed E-state index contributed by atoms with van der Waals surface area (Å²) in [6.07, 6.45) is 6.49. The van der Waals surface area contributed by atoms with Gasteiger partial charge in [-0.1, -0.05) is 12.1 Å². The fraction of sp³-hybridized carbons (Fsp3) is 0.308. The monoisotopic (exact) mass is 534 g/mol. The average molecular weight is 535 g/mol. The number of sulfone groups is 1. The largest absolute Gasteiger partial charge is 0.369 e. The summed E-state index contributed by atoms with van der Waals surface area (Å²) < 4.78 is 25.1. The number of nitrogens with one attached hydrogen (secondary N) is 2. The van der Waals surface area contributed by atoms with E-state index in [9.17, 15) is 13.2 Å². The van der Waals surface area contributed by atoms with Crippen LogP contribution in [0.2, 0.25) is 0 Å². The SMILES string of the molecule is CS(=O)(=O)CNc1ncccc1-c1ccc2cnc(Nc3ccc(C4CCN(CC(N)=O)CC4)cc3)nn12. The average Bonchev–Trinajstić information content (AvgIpc) is 3.31. The smallest absolute Gasteiger partial charge is 0.245 e. The molecule has 1 amide bonds. The van der Waals surface area contributed by atoms with E-state index in [2.05, 4.69) is 42.7 Å². The molecular weight excluding hydrogens is 504 g/mol. The summed E-state index contributed by atoms with van der Waals surface area (Å²) in [5, 5.41) is 10.9. The minimum atomic E-state index is -3.22. The second-order valence-corrected chi connectivity index (χ2v) is 11.7. The topological polar surface area (TPSA) is 148 Å². The molecule has 0 bridgehead atoms. The highest BCUT2D eigenvalue weighted by Gasteiger charge is 2.21. The summed E-state index contributed by atoms with van der Waals surface area (Å²) in [7, 11) is -3.22. The summed E-state index contributed by atoms with van der Waals surface area (Å²) in [6.45, 7) is 2.05. The number of hydrogen-bond donors (Lipinski definition) is 3. The quantitative estimate of drug-likeness (QED) is 0.295. The third-order valence-corrected chi connectivity index (χ3v) is 7.26. The Hall–Kier alpha value is -4.03. The molecular formula is C26H30N8O3S. The van der Waals surface area contributed by atoms with Crippen molar-refractivity contribution in [2.45, 2.75) is 18.8 Å². The highest BCUT2D eigenvalue weighted by Crippen LogP contribution is 2.30. The molecule has 38 heavy (non-hydrogen) atoms. The van der Waals surface area contributed by atoms with Crippen molar-refractivity contribution in [2.75, 3.05) is 42.4 Å². The second kappa shape index (κ2) is 10.8. The van der Waals surface area contributed by atoms with Crippen molar-refractivity contribution in [3.8, 4) is 11.3 Å². The number of primary amides is 1. The normalized spacial score (nSPS) is 15.0. The maximum Gasteiger partial charge on any atom is 0.245 e. The number of rotatable bonds is 9. The molecule has 12 heteroatoms. The Labute approximate surface area is 221 Å². The van der Waals surface area contributed by atoms with Gasteiger partial charge in [-0.25, -0.2) is 22.9 Å². The Morgan fingerprint density at radius 1 is 1.08 bits per heavy atom. The summed E-state index contributed by atoms with van der Waals surface area (Å²) in [6, 6.07) is 15.7. The van der Waals surface area contributed by atoms with Crippen LogP contribution in [-0.4, -0.2) is 70.6 Å². The first kappa shape index (κ1) is 25.6. The highest BCUT2D eigenvalue weighted by atomic mass is 32.2. The third kappa shape index (κ3) is 6.09. The predicted octanol–water partition coefficient (Wildman–Crippen LogP) is 2.61. The zero-order chi connectivity index (χ0) is 26.7. The van der Waals surface area contributed by atoms with E-state index in [0.29, 0.717) is 24.2 Å². The first-order chi connectivity index (χ1) is 18.2. The van der Waals surface area contributed by atoms with Crippen LogP contribution in [0.25, 0.3) is 16.8 Å². The van der Waals surface area contributed by atoms with Crippen LogP contribution in [0.4, 0.5) is 17.5 Å². The maximum atomic E-state index is 11.7. The molecule has 0 spiro atoms. The standard InChI is InChI=1S/C26H30N8O3S/c1-38(36,37)17-30-25-22(3-2-12-28-25)23-9-8-21-15-29-26(32-34(21)23)31-20-6-4-18(5-7-20)19-10-13-33(14-11-19)16-24(27)35/h2-9,12,15,19H,10-11,13-14,16-17H2,1H3,(H2,27,35)(H,28,30)(H,31,32). The zero-order valence-corrected chi connectivity index (χ0v) is 21.9. The molecule has 0 saturated carbocycles. The first-order valence-electron chi connectivity index (χ1n) is 12.3. The first-order valence-corrected chi connectivity index (χ1v) is 14.4. The Morgan fingerprint density at radius 2 is 1.84 bits per heavy atom. The lowest BCUT2D eigenvalue weighted by Crippen LogP contribution is -2.39. The lowest BCUT2D eigenvalue weighted by Gasteiger charge is -2.31. The molecule has 4 heterocycles. The number of carbonyl (C=O) groups is 1. The Morgan fingerprint density at radius 3 is 2.55 bits per heavy atom. The van der Waals surface area contributed by atoms with Gasteiger partial charge in [-0.3, -0.25) is 9.69 Å². The molecule has 4 aromatic rings. The van der Waals surface area contributed by atoms with E-state index >= 15 is 0 Å². The summed E-state index contributed by atoms with van der Waals surface area (Å²) >= 11 is 0. The number of pyridine rings is 1. The van der Waals surface area contributed by atoms with Gasteiger partial charge in [0.1, 0.15) is 11.7 Å². The number of aromatic nitrogens is 4. The van der Waals surface area contributed by atoms with Crippen LogP contribution in [0.3, 0.4) is 0 Å². The number of likely N-dealkylation sites (tertiary alicyclic amines) is 1. The molecule has 1 aromatic carbocycles. The van der Waals surface area contributed by atoms with Gasteiger partial charge in [0.25, 0.3) is 0 Å². The van der Waals surface area contributed by atoms with E-state index in [4.69, 9.17) is 5.73 Å². The van der Waals surface area contributed by atoms with Gasteiger partial charge < -0.3 is 16.4 Å². The van der Waals surface area contributed by atoms with E-state index in [1.807, 2.05) is 30.3 Å². The number of hydrogen-bond acceptors (Lipinski definition) is 9. The van der Waals surface area contributed by atoms with Crippen molar-refractivity contribution in [3.63, 3.8) is 0 Å². The molecule has 0 radical (unpaired) electrons. The molecule has 1 fully saturated rings. The van der Waals surface area contributed by atoms with Crippen molar-refractivity contribution >= 4 is 38.7 Å². The number of nitrogens with two attached hydrogens (primary N) is 1. The lowest BCUT2D eigenvalue weighted by molar-refractivity contribution is -0.119. The minimum absolute atomic E-state index is 0.218. The number of carbonyl (C=O) groups excluding carboxylic acids is 1. The Kier molecular flexibility index (Phi) is 7.25. The highest BCUT2D eigenvalue weighted by molar-refractivity contribution is 7.90. The molecule has 0 aliphatic carbocycles. The fourth-order valence-electron chi connectivity index (χ4n) is 4.73. The molecule has 5 rings (SSSR count). The van der Waals surface area contributed by atoms with E-state index in [1.165, 1.54) is 11.8 Å². The molecule has 0 atom stereocenters. The van der Waals surface area contributed by atoms with Gasteiger partial charge in [0.2, 0.25) is 11.9 Å². The Balaban J connectivity index is 1.31. The molecule has 4 N–H and O–H groups in total. The van der Waals surface area contributed by atoms with Crippen molar-refractivity contribution in [1.29, 1.82) is 0 Å². The summed E-state index contributed by atoms with van der Waals surface area (Å²) in [5.74, 6) is 0.841. The van der Waals surface area contributed by atoms with Crippen molar-refractivity contribution in [2.24, 2.45) is 5.73 Å². The number of nitrogens with zero attached hydrogens (tertiary/aromatic N) is 5. The van der Waals surface area contributed by atoms with Gasteiger partial charge in [0.05, 0.1) is 24.0 Å². The number of anilines is 3. The van der Waals surface area contributed by atoms with Crippen molar-refractivity contribution < 1.29 is 13.2 Å². The van der Waals surface area contributed by atoms with E-state index in [1.54, 1.807) is 23.0 Å². The van der Waals surface area contributed by atoms with Crippen LogP contribution in [0.1, 0.15) is 24.3 Å². The Bertz CT molecular complexity index is 1540. The van der Waals surface area contributed by atoms with E-state index in [-0.39, 0.29) is 11.8 Å². The van der Waals surface area contributed by atoms with Gasteiger partial charge in [-0.2, -0.15) is 0 Å². The van der Waals surface area contributed by atoms with E-state index < -0.39 is 9.84 Å². The molecule has 3 aromatic heterocycles. The van der Waals surface area contributed by atoms with Gasteiger partial charge in [-0.15, -0.1) is 5.10 Å². The fourth-order valence-corrected chi connectivity index (χ4v) is 5.13. The van der Waals surface area contributed by atoms with Gasteiger partial charge >= 0.3 is 0 Å². The van der Waals surface area contributed by atoms with Crippen LogP contribution in [0.15, 0.2) is 60.9 Å². The van der Waals surface area contributed by atoms with E-state index in [0.717, 1.165) is 48.4 Å². The number of fused-ring (bicyclic) bond motifs is 1. The predicted molar refractivity (Wildman–Crippen MR) is 147 cm³/mol. The summed E-state index contributed by atoms with van der Waals surface area (Å²) in [5.41, 5.74) is 9.73. The summed E-state index contributed by atoms with van der Waals surface area (Å²) in [4.78, 5) is 22.0. The van der Waals surface area contributed by atoms with Crippen LogP contribution in [0, 0.1) is 0 Å². The molecule has 1 aliphatic rings. The van der Waals surface area contributed by atoms with Crippen molar-refractivity contribution in [1.82, 2.24) is 24.5 Å². The maximum absolute atomic E-state index is 11.7. The zero-order valence-electron chi connectivity index (χ0n) is 21.0. The second-order valence-electron chi connectivity index (χ2n) is 9.55. The lowest BCUT2D eigenvalue weighted by atomic mass is 9.89. The number of amides is 1. The van der Waals surface area contributed by atoms with Crippen LogP contribution < -0.4 is 16.4 Å². The van der Waals surface area contributed by atoms with Gasteiger partial charge in [-0.05, 0) is 73.8 Å². The number of benzene rings is 1. The van der Waals surface area contributed by atoms with Crippen molar-refractivity contribution in [3.05, 3.63) is 66.5 Å². The number of piperidine rings is 1. The molecule has 0 unspecified atom stereocenters. The molecule has 198 valence electrons. The molecule has 1 aliphatic heterocycles. The van der Waals surface area contributed by atoms with Gasteiger partial charge in [0.15, 0.2) is 9.84 Å². The molecule has 1 saturated heterocycles. The van der Waals surface area contributed by atoms with Crippen LogP contribution >= 0.6 is 0 Å².